The Labute approximate surface area is 147 Å². The number of aliphatic carboxylic acids is 1. The van der Waals surface area contributed by atoms with E-state index in [1.807, 2.05) is 25.5 Å². The lowest BCUT2D eigenvalue weighted by atomic mass is 9.83. The summed E-state index contributed by atoms with van der Waals surface area (Å²) >= 11 is 0. The van der Waals surface area contributed by atoms with Gasteiger partial charge in [-0.3, -0.25) is 14.3 Å². The molecule has 1 aromatic rings. The lowest BCUT2D eigenvalue weighted by Gasteiger charge is -2.41. The lowest BCUT2D eigenvalue weighted by Crippen LogP contribution is -2.48. The van der Waals surface area contributed by atoms with Gasteiger partial charge in [0.25, 0.3) is 0 Å². The number of carbonyl (C=O) groups excluding carboxylic acids is 1. The number of ether oxygens (including phenoxy) is 1. The maximum atomic E-state index is 12.7. The van der Waals surface area contributed by atoms with Gasteiger partial charge in [0.1, 0.15) is 0 Å². The van der Waals surface area contributed by atoms with E-state index in [1.165, 1.54) is 0 Å². The van der Waals surface area contributed by atoms with Crippen LogP contribution in [-0.2, 0) is 20.9 Å². The first-order valence-electron chi connectivity index (χ1n) is 9.11. The average molecular weight is 349 g/mol. The third-order valence-electron chi connectivity index (χ3n) is 5.48. The fraction of sp³-hybridized carbons (Fsp3) is 0.722. The van der Waals surface area contributed by atoms with Gasteiger partial charge in [-0.25, -0.2) is 0 Å². The Balaban J connectivity index is 2.02. The van der Waals surface area contributed by atoms with Gasteiger partial charge in [-0.05, 0) is 40.0 Å². The van der Waals surface area contributed by atoms with Crippen molar-refractivity contribution in [3.8, 4) is 0 Å². The molecule has 7 heteroatoms. The largest absolute Gasteiger partial charge is 0.481 e. The van der Waals surface area contributed by atoms with Crippen LogP contribution in [0.15, 0.2) is 0 Å². The summed E-state index contributed by atoms with van der Waals surface area (Å²) in [5.41, 5.74) is 2.64. The summed E-state index contributed by atoms with van der Waals surface area (Å²) in [4.78, 5) is 26.4. The van der Waals surface area contributed by atoms with E-state index in [-0.39, 0.29) is 18.4 Å². The van der Waals surface area contributed by atoms with Crippen LogP contribution in [0.2, 0.25) is 0 Å². The van der Waals surface area contributed by atoms with E-state index < -0.39 is 17.9 Å². The molecule has 0 aliphatic carbocycles. The smallest absolute Gasteiger partial charge is 0.308 e. The molecule has 2 aliphatic heterocycles. The molecule has 0 saturated carbocycles. The minimum Gasteiger partial charge on any atom is -0.481 e. The van der Waals surface area contributed by atoms with Crippen LogP contribution in [0.25, 0.3) is 0 Å². The molecule has 2 saturated heterocycles. The second-order valence-corrected chi connectivity index (χ2v) is 7.01. The summed E-state index contributed by atoms with van der Waals surface area (Å²) < 4.78 is 7.59. The molecule has 0 aromatic carbocycles. The first-order valence-corrected chi connectivity index (χ1v) is 9.11. The average Bonchev–Trinajstić information content (AvgIpc) is 3.17. The highest BCUT2D eigenvalue weighted by Crippen LogP contribution is 2.40. The first kappa shape index (κ1) is 17.9. The zero-order chi connectivity index (χ0) is 18.1. The molecule has 138 valence electrons. The van der Waals surface area contributed by atoms with Gasteiger partial charge in [-0.15, -0.1) is 0 Å². The van der Waals surface area contributed by atoms with E-state index in [4.69, 9.17) is 4.74 Å². The molecule has 3 atom stereocenters. The van der Waals surface area contributed by atoms with Gasteiger partial charge in [-0.2, -0.15) is 5.10 Å². The lowest BCUT2D eigenvalue weighted by molar-refractivity contribution is -0.153. The fourth-order valence-electron chi connectivity index (χ4n) is 4.24. The Morgan fingerprint density at radius 1 is 1.36 bits per heavy atom. The van der Waals surface area contributed by atoms with Gasteiger partial charge in [0.15, 0.2) is 0 Å². The molecule has 2 aliphatic rings. The maximum absolute atomic E-state index is 12.7. The minimum atomic E-state index is -0.849. The summed E-state index contributed by atoms with van der Waals surface area (Å²) in [7, 11) is 0. The van der Waals surface area contributed by atoms with Gasteiger partial charge >= 0.3 is 5.97 Å². The Bertz CT molecular complexity index is 664. The number of carboxylic acid groups (broad SMARTS) is 1. The Kier molecular flexibility index (Phi) is 5.13. The summed E-state index contributed by atoms with van der Waals surface area (Å²) in [5.74, 6) is -1.44. The van der Waals surface area contributed by atoms with Crippen LogP contribution in [0.3, 0.4) is 0 Å². The van der Waals surface area contributed by atoms with Gasteiger partial charge < -0.3 is 14.7 Å². The molecule has 2 fully saturated rings. The number of amides is 1. The molecule has 0 bridgehead atoms. The van der Waals surface area contributed by atoms with Crippen molar-refractivity contribution >= 4 is 11.9 Å². The Morgan fingerprint density at radius 3 is 2.68 bits per heavy atom. The molecule has 0 spiro atoms. The summed E-state index contributed by atoms with van der Waals surface area (Å²) in [5, 5.41) is 14.3. The molecule has 3 rings (SSSR count). The number of likely N-dealkylation sites (tertiary alicyclic amines) is 1. The maximum Gasteiger partial charge on any atom is 0.308 e. The van der Waals surface area contributed by atoms with Crippen LogP contribution in [0.1, 0.15) is 55.6 Å². The van der Waals surface area contributed by atoms with E-state index in [0.29, 0.717) is 19.6 Å². The zero-order valence-corrected chi connectivity index (χ0v) is 15.2. The van der Waals surface area contributed by atoms with E-state index in [0.717, 1.165) is 36.3 Å². The van der Waals surface area contributed by atoms with E-state index in [1.54, 1.807) is 4.90 Å². The number of carbonyl (C=O) groups is 2. The molecular formula is C18H27N3O4. The van der Waals surface area contributed by atoms with Crippen LogP contribution < -0.4 is 0 Å². The third kappa shape index (κ3) is 3.29. The molecule has 1 N–H and O–H groups in total. The molecule has 0 radical (unpaired) electrons. The third-order valence-corrected chi connectivity index (χ3v) is 5.48. The molecule has 1 aromatic heterocycles. The number of hydrogen-bond acceptors (Lipinski definition) is 4. The SMILES string of the molecule is CCn1nc(C)c([C@@H]2[C@@H](C(=O)O)CCC(=O)N2C[C@@H]2CCCO2)c1C. The monoisotopic (exact) mass is 349 g/mol. The quantitative estimate of drug-likeness (QED) is 0.879. The van der Waals surface area contributed by atoms with Crippen molar-refractivity contribution in [1.82, 2.24) is 14.7 Å². The molecule has 7 nitrogen and oxygen atoms in total. The predicted octanol–water partition coefficient (Wildman–Crippen LogP) is 2.06. The van der Waals surface area contributed by atoms with Crippen LogP contribution in [0.5, 0.6) is 0 Å². The highest BCUT2D eigenvalue weighted by Gasteiger charge is 2.44. The van der Waals surface area contributed by atoms with E-state index >= 15 is 0 Å². The van der Waals surface area contributed by atoms with Crippen LogP contribution in [-0.4, -0.2) is 50.9 Å². The number of nitrogens with zero attached hydrogens (tertiary/aromatic N) is 3. The normalized spacial score (nSPS) is 27.1. The minimum absolute atomic E-state index is 0.000766. The van der Waals surface area contributed by atoms with Crippen molar-refractivity contribution in [3.05, 3.63) is 17.0 Å². The predicted molar refractivity (Wildman–Crippen MR) is 91.2 cm³/mol. The van der Waals surface area contributed by atoms with Crippen molar-refractivity contribution in [2.24, 2.45) is 5.92 Å². The number of hydrogen-bond donors (Lipinski definition) is 1. The second kappa shape index (κ2) is 7.15. The van der Waals surface area contributed by atoms with Crippen molar-refractivity contribution in [1.29, 1.82) is 0 Å². The Hall–Kier alpha value is -1.89. The fourth-order valence-corrected chi connectivity index (χ4v) is 4.24. The number of aryl methyl sites for hydroxylation is 2. The number of aromatic nitrogens is 2. The number of carboxylic acids is 1. The summed E-state index contributed by atoms with van der Waals surface area (Å²) in [6, 6.07) is -0.469. The van der Waals surface area contributed by atoms with Gasteiger partial charge in [-0.1, -0.05) is 0 Å². The van der Waals surface area contributed by atoms with Crippen molar-refractivity contribution in [3.63, 3.8) is 0 Å². The van der Waals surface area contributed by atoms with Gasteiger partial charge in [0, 0.05) is 37.4 Å². The van der Waals surface area contributed by atoms with Crippen LogP contribution in [0, 0.1) is 19.8 Å². The number of rotatable bonds is 5. The van der Waals surface area contributed by atoms with E-state index in [9.17, 15) is 14.7 Å². The summed E-state index contributed by atoms with van der Waals surface area (Å²) in [6.45, 7) is 7.76. The van der Waals surface area contributed by atoms with Gasteiger partial charge in [0.2, 0.25) is 5.91 Å². The first-order chi connectivity index (χ1) is 11.9. The highest BCUT2D eigenvalue weighted by molar-refractivity contribution is 5.82. The topological polar surface area (TPSA) is 84.7 Å². The zero-order valence-electron chi connectivity index (χ0n) is 15.2. The van der Waals surface area contributed by atoms with Crippen molar-refractivity contribution in [2.75, 3.05) is 13.2 Å². The highest BCUT2D eigenvalue weighted by atomic mass is 16.5. The van der Waals surface area contributed by atoms with Crippen molar-refractivity contribution in [2.45, 2.75) is 65.1 Å². The van der Waals surface area contributed by atoms with Crippen LogP contribution in [0.4, 0.5) is 0 Å². The standard InChI is InChI=1S/C18H27N3O4/c1-4-21-12(3)16(11(2)19-21)17-14(18(23)24)7-8-15(22)20(17)10-13-6-5-9-25-13/h13-14,17H,4-10H2,1-3H3,(H,23,24)/t13-,14-,17-/m0/s1. The molecule has 0 unspecified atom stereocenters. The van der Waals surface area contributed by atoms with Crippen LogP contribution >= 0.6 is 0 Å². The molecule has 1 amide bonds. The number of piperidine rings is 1. The molecule has 3 heterocycles. The van der Waals surface area contributed by atoms with Crippen molar-refractivity contribution < 1.29 is 19.4 Å². The molecule has 25 heavy (non-hydrogen) atoms. The Morgan fingerprint density at radius 2 is 2.12 bits per heavy atom. The second-order valence-electron chi connectivity index (χ2n) is 7.01. The summed E-state index contributed by atoms with van der Waals surface area (Å²) in [6.07, 6.45) is 2.56. The molecular weight excluding hydrogens is 322 g/mol. The van der Waals surface area contributed by atoms with Gasteiger partial charge in [0.05, 0.1) is 23.8 Å². The van der Waals surface area contributed by atoms with E-state index in [2.05, 4.69) is 5.10 Å².